The molecule has 3 rings (SSSR count). The van der Waals surface area contributed by atoms with Crippen molar-refractivity contribution in [1.82, 2.24) is 9.97 Å². The second kappa shape index (κ2) is 7.51. The molecule has 0 unspecified atom stereocenters. The number of nitrogens with one attached hydrogen (secondary N) is 1. The quantitative estimate of drug-likeness (QED) is 0.691. The molecule has 138 valence electrons. The van der Waals surface area contributed by atoms with Crippen molar-refractivity contribution < 1.29 is 8.42 Å². The van der Waals surface area contributed by atoms with Crippen LogP contribution in [0.15, 0.2) is 53.4 Å². The molecule has 0 bridgehead atoms. The van der Waals surface area contributed by atoms with Crippen LogP contribution in [0.25, 0.3) is 11.0 Å². The fraction of sp³-hybridized carbons (Fsp3) is 0.211. The van der Waals surface area contributed by atoms with E-state index >= 15 is 0 Å². The van der Waals surface area contributed by atoms with E-state index in [-0.39, 0.29) is 22.4 Å². The van der Waals surface area contributed by atoms with Crippen molar-refractivity contribution in [3.05, 3.63) is 59.2 Å². The summed E-state index contributed by atoms with van der Waals surface area (Å²) < 4.78 is 26.2. The normalized spacial score (nSPS) is 12.7. The Bertz CT molecular complexity index is 1120. The summed E-state index contributed by atoms with van der Waals surface area (Å²) in [7, 11) is -4.01. The SMILES string of the molecule is CC(C)Nc1nc2ccccc2nc1[C@H](C#N)S(=O)(=O)c1ccc(Cl)cc1. The van der Waals surface area contributed by atoms with E-state index in [2.05, 4.69) is 15.3 Å². The highest BCUT2D eigenvalue weighted by atomic mass is 35.5. The first kappa shape index (κ1) is 19.1. The number of rotatable bonds is 5. The average molecular weight is 401 g/mol. The monoisotopic (exact) mass is 400 g/mol. The number of halogens is 1. The summed E-state index contributed by atoms with van der Waals surface area (Å²) in [5.41, 5.74) is 1.22. The van der Waals surface area contributed by atoms with Gasteiger partial charge >= 0.3 is 0 Å². The van der Waals surface area contributed by atoms with E-state index in [4.69, 9.17) is 11.6 Å². The minimum Gasteiger partial charge on any atom is -0.366 e. The number of anilines is 1. The first-order valence-corrected chi connectivity index (χ1v) is 10.2. The van der Waals surface area contributed by atoms with Crippen LogP contribution in [-0.4, -0.2) is 24.4 Å². The van der Waals surface area contributed by atoms with Gasteiger partial charge in [0.25, 0.3) is 0 Å². The first-order valence-electron chi connectivity index (χ1n) is 8.25. The zero-order valence-corrected chi connectivity index (χ0v) is 16.3. The number of para-hydroxylation sites is 2. The maximum atomic E-state index is 13.1. The van der Waals surface area contributed by atoms with Crippen molar-refractivity contribution in [3.63, 3.8) is 0 Å². The summed E-state index contributed by atoms with van der Waals surface area (Å²) in [6, 6.07) is 14.7. The molecule has 2 aromatic carbocycles. The van der Waals surface area contributed by atoms with Gasteiger partial charge in [-0.1, -0.05) is 23.7 Å². The molecule has 0 saturated heterocycles. The van der Waals surface area contributed by atoms with Gasteiger partial charge in [-0.3, -0.25) is 0 Å². The minimum absolute atomic E-state index is 0.00362. The van der Waals surface area contributed by atoms with Crippen molar-refractivity contribution in [2.75, 3.05) is 5.32 Å². The molecule has 6 nitrogen and oxygen atoms in total. The molecule has 1 heterocycles. The minimum atomic E-state index is -4.01. The number of nitrogens with zero attached hydrogens (tertiary/aromatic N) is 3. The summed E-state index contributed by atoms with van der Waals surface area (Å²) in [4.78, 5) is 8.95. The molecule has 3 aromatic rings. The van der Waals surface area contributed by atoms with Gasteiger partial charge in [-0.2, -0.15) is 5.26 Å². The Morgan fingerprint density at radius 1 is 1.04 bits per heavy atom. The lowest BCUT2D eigenvalue weighted by Gasteiger charge is -2.17. The van der Waals surface area contributed by atoms with Crippen LogP contribution in [0, 0.1) is 11.3 Å². The van der Waals surface area contributed by atoms with Crippen molar-refractivity contribution >= 4 is 38.3 Å². The summed E-state index contributed by atoms with van der Waals surface area (Å²) in [5, 5.41) is 11.7. The van der Waals surface area contributed by atoms with Crippen molar-refractivity contribution in [2.24, 2.45) is 0 Å². The Balaban J connectivity index is 2.20. The van der Waals surface area contributed by atoms with Gasteiger partial charge < -0.3 is 5.32 Å². The molecule has 0 fully saturated rings. The van der Waals surface area contributed by atoms with E-state index in [1.807, 2.05) is 26.0 Å². The number of hydrogen-bond donors (Lipinski definition) is 1. The smallest absolute Gasteiger partial charge is 0.200 e. The molecular weight excluding hydrogens is 384 g/mol. The Morgan fingerprint density at radius 3 is 2.19 bits per heavy atom. The Hall–Kier alpha value is -2.69. The van der Waals surface area contributed by atoms with Gasteiger partial charge in [0.05, 0.1) is 22.0 Å². The highest BCUT2D eigenvalue weighted by molar-refractivity contribution is 7.92. The fourth-order valence-corrected chi connectivity index (χ4v) is 4.12. The van der Waals surface area contributed by atoms with Crippen LogP contribution in [0.2, 0.25) is 5.02 Å². The third-order valence-electron chi connectivity index (χ3n) is 3.84. The Kier molecular flexibility index (Phi) is 5.31. The summed E-state index contributed by atoms with van der Waals surface area (Å²) in [6.45, 7) is 3.80. The number of hydrogen-bond acceptors (Lipinski definition) is 6. The Morgan fingerprint density at radius 2 is 1.63 bits per heavy atom. The van der Waals surface area contributed by atoms with Gasteiger partial charge in [0.15, 0.2) is 11.1 Å². The standard InChI is InChI=1S/C19H17ClN4O2S/c1-12(2)22-19-18(23-15-5-3-4-6-16(15)24-19)17(11-21)27(25,26)14-9-7-13(20)8-10-14/h3-10,12,17H,1-2H3,(H,22,24)/t17-/m0/s1. The molecule has 8 heteroatoms. The lowest BCUT2D eigenvalue weighted by Crippen LogP contribution is -2.19. The second-order valence-electron chi connectivity index (χ2n) is 6.25. The third kappa shape index (κ3) is 3.87. The van der Waals surface area contributed by atoms with Crippen LogP contribution >= 0.6 is 11.6 Å². The molecule has 0 spiro atoms. The highest BCUT2D eigenvalue weighted by Crippen LogP contribution is 2.32. The van der Waals surface area contributed by atoms with Gasteiger partial charge in [0, 0.05) is 11.1 Å². The highest BCUT2D eigenvalue weighted by Gasteiger charge is 2.33. The van der Waals surface area contributed by atoms with Crippen molar-refractivity contribution in [2.45, 2.75) is 30.0 Å². The van der Waals surface area contributed by atoms with Crippen LogP contribution in [0.1, 0.15) is 24.8 Å². The van der Waals surface area contributed by atoms with E-state index in [0.717, 1.165) is 0 Å². The summed E-state index contributed by atoms with van der Waals surface area (Å²) >= 11 is 5.85. The number of benzene rings is 2. The largest absolute Gasteiger partial charge is 0.366 e. The average Bonchev–Trinajstić information content (AvgIpc) is 2.62. The van der Waals surface area contributed by atoms with Gasteiger partial charge in [0.2, 0.25) is 9.84 Å². The predicted octanol–water partition coefficient (Wildman–Crippen LogP) is 4.14. The van der Waals surface area contributed by atoms with Gasteiger partial charge in [-0.25, -0.2) is 18.4 Å². The number of fused-ring (bicyclic) bond motifs is 1. The van der Waals surface area contributed by atoms with Crippen LogP contribution in [0.4, 0.5) is 5.82 Å². The molecule has 1 atom stereocenters. The van der Waals surface area contributed by atoms with E-state index in [0.29, 0.717) is 16.1 Å². The molecule has 1 N–H and O–H groups in total. The van der Waals surface area contributed by atoms with E-state index < -0.39 is 15.1 Å². The van der Waals surface area contributed by atoms with Gasteiger partial charge in [-0.05, 0) is 50.2 Å². The number of sulfone groups is 1. The molecule has 0 saturated carbocycles. The van der Waals surface area contributed by atoms with E-state index in [9.17, 15) is 13.7 Å². The lowest BCUT2D eigenvalue weighted by atomic mass is 10.2. The molecule has 1 aromatic heterocycles. The van der Waals surface area contributed by atoms with Crippen molar-refractivity contribution in [3.8, 4) is 6.07 Å². The maximum absolute atomic E-state index is 13.1. The fourth-order valence-electron chi connectivity index (χ4n) is 2.61. The molecule has 0 aliphatic heterocycles. The zero-order valence-electron chi connectivity index (χ0n) is 14.7. The zero-order chi connectivity index (χ0) is 19.6. The first-order chi connectivity index (χ1) is 12.8. The topological polar surface area (TPSA) is 95.7 Å². The molecular formula is C19H17ClN4O2S. The molecule has 27 heavy (non-hydrogen) atoms. The van der Waals surface area contributed by atoms with Crippen LogP contribution in [0.5, 0.6) is 0 Å². The van der Waals surface area contributed by atoms with Crippen LogP contribution < -0.4 is 5.32 Å². The van der Waals surface area contributed by atoms with Crippen molar-refractivity contribution in [1.29, 1.82) is 5.26 Å². The summed E-state index contributed by atoms with van der Waals surface area (Å²) in [5.74, 6) is 0.285. The van der Waals surface area contributed by atoms with Crippen LogP contribution in [-0.2, 0) is 9.84 Å². The molecule has 0 amide bonds. The van der Waals surface area contributed by atoms with E-state index in [1.54, 1.807) is 18.2 Å². The van der Waals surface area contributed by atoms with Crippen LogP contribution in [0.3, 0.4) is 0 Å². The number of aromatic nitrogens is 2. The predicted molar refractivity (Wildman–Crippen MR) is 105 cm³/mol. The molecule has 0 aliphatic carbocycles. The number of nitriles is 1. The molecule has 0 radical (unpaired) electrons. The van der Waals surface area contributed by atoms with E-state index in [1.165, 1.54) is 24.3 Å². The third-order valence-corrected chi connectivity index (χ3v) is 5.97. The molecule has 0 aliphatic rings. The second-order valence-corrected chi connectivity index (χ2v) is 8.72. The Labute approximate surface area is 162 Å². The lowest BCUT2D eigenvalue weighted by molar-refractivity contribution is 0.590. The van der Waals surface area contributed by atoms with Gasteiger partial charge in [-0.15, -0.1) is 0 Å². The summed E-state index contributed by atoms with van der Waals surface area (Å²) in [6.07, 6.45) is 0. The van der Waals surface area contributed by atoms with Gasteiger partial charge in [0.1, 0.15) is 5.69 Å². The maximum Gasteiger partial charge on any atom is 0.200 e.